The van der Waals surface area contributed by atoms with E-state index in [1.807, 2.05) is 0 Å². The van der Waals surface area contributed by atoms with Gasteiger partial charge in [-0.3, -0.25) is 4.79 Å². The van der Waals surface area contributed by atoms with Crippen LogP contribution < -0.4 is 10.6 Å². The van der Waals surface area contributed by atoms with Gasteiger partial charge < -0.3 is 15.2 Å². The summed E-state index contributed by atoms with van der Waals surface area (Å²) in [6.45, 7) is -0.0543. The van der Waals surface area contributed by atoms with Crippen LogP contribution in [0.25, 0.3) is 11.4 Å². The summed E-state index contributed by atoms with van der Waals surface area (Å²) < 4.78 is 58.9. The second-order valence-electron chi connectivity index (χ2n) is 6.16. The summed E-state index contributed by atoms with van der Waals surface area (Å²) in [4.78, 5) is 15.3. The molecule has 0 atom stereocenters. The molecule has 1 aliphatic heterocycles. The molecule has 0 saturated heterocycles. The minimum Gasteiger partial charge on any atom is -0.374 e. The molecule has 0 aliphatic carbocycles. The number of hydrogen-bond acceptors (Lipinski definition) is 5. The largest absolute Gasteiger partial charge is 0.374 e. The third kappa shape index (κ3) is 3.40. The Hall–Kier alpha value is -3.43. The minimum absolute atomic E-state index is 0.0329. The first kappa shape index (κ1) is 18.0. The molecule has 0 bridgehead atoms. The third-order valence-electron chi connectivity index (χ3n) is 4.23. The van der Waals surface area contributed by atoms with E-state index in [1.54, 1.807) is 6.07 Å². The predicted octanol–water partition coefficient (Wildman–Crippen LogP) is 3.79. The second-order valence-corrected chi connectivity index (χ2v) is 6.16. The van der Waals surface area contributed by atoms with Gasteiger partial charge in [-0.05, 0) is 36.2 Å². The number of fused-ring (bicyclic) bond motifs is 1. The average molecular weight is 392 g/mol. The fourth-order valence-electron chi connectivity index (χ4n) is 2.84. The van der Waals surface area contributed by atoms with Gasteiger partial charge in [-0.1, -0.05) is 5.16 Å². The van der Waals surface area contributed by atoms with Gasteiger partial charge in [0.1, 0.15) is 5.82 Å². The number of hydrogen-bond donors (Lipinski definition) is 2. The smallest absolute Gasteiger partial charge is 0.246 e. The lowest BCUT2D eigenvalue weighted by Gasteiger charge is -2.18. The van der Waals surface area contributed by atoms with Gasteiger partial charge in [-0.2, -0.15) is 4.98 Å². The first-order valence-electron chi connectivity index (χ1n) is 8.24. The number of nitrogens with one attached hydrogen (secondary N) is 2. The Morgan fingerprint density at radius 1 is 1.04 bits per heavy atom. The van der Waals surface area contributed by atoms with Crippen LogP contribution in [0.4, 0.5) is 28.9 Å². The molecule has 144 valence electrons. The first-order valence-corrected chi connectivity index (χ1v) is 8.24. The summed E-state index contributed by atoms with van der Waals surface area (Å²) in [5.41, 5.74) is 1.29. The maximum Gasteiger partial charge on any atom is 0.246 e. The molecule has 2 N–H and O–H groups in total. The molecular formula is C18H12F4N4O2. The standard InChI is InChI=1S/C18H12F4N4O2/c19-10-6-13-8(1-2-15(27)24-13)5-14(10)23-7-16-25-18(26-28-16)9-3-11(20)17(22)12(21)4-9/h3-6,23H,1-2,7H2,(H,24,27). The Kier molecular flexibility index (Phi) is 4.46. The van der Waals surface area contributed by atoms with Crippen LogP contribution in [0.3, 0.4) is 0 Å². The fourth-order valence-corrected chi connectivity index (χ4v) is 2.84. The lowest BCUT2D eigenvalue weighted by molar-refractivity contribution is -0.116. The van der Waals surface area contributed by atoms with Crippen LogP contribution >= 0.6 is 0 Å². The molecule has 10 heteroatoms. The highest BCUT2D eigenvalue weighted by Gasteiger charge is 2.19. The van der Waals surface area contributed by atoms with Gasteiger partial charge in [0.25, 0.3) is 0 Å². The monoisotopic (exact) mass is 392 g/mol. The quantitative estimate of drug-likeness (QED) is 0.522. The number of benzene rings is 2. The molecule has 0 radical (unpaired) electrons. The zero-order chi connectivity index (χ0) is 19.8. The van der Waals surface area contributed by atoms with Crippen molar-refractivity contribution in [3.63, 3.8) is 0 Å². The minimum atomic E-state index is -1.59. The van der Waals surface area contributed by atoms with Crippen LogP contribution in [0.15, 0.2) is 28.8 Å². The Morgan fingerprint density at radius 3 is 2.54 bits per heavy atom. The summed E-state index contributed by atoms with van der Waals surface area (Å²) in [5.74, 6) is -5.18. The molecule has 1 aromatic heterocycles. The molecule has 2 heterocycles. The Bertz CT molecular complexity index is 1060. The molecule has 4 rings (SSSR count). The van der Waals surface area contributed by atoms with E-state index in [2.05, 4.69) is 20.8 Å². The molecule has 1 aliphatic rings. The predicted molar refractivity (Wildman–Crippen MR) is 90.3 cm³/mol. The number of aromatic nitrogens is 2. The van der Waals surface area contributed by atoms with Crippen LogP contribution in [-0.2, 0) is 17.8 Å². The average Bonchev–Trinajstić information content (AvgIpc) is 3.13. The van der Waals surface area contributed by atoms with Crippen molar-refractivity contribution in [2.24, 2.45) is 0 Å². The third-order valence-corrected chi connectivity index (χ3v) is 4.23. The number of carbonyl (C=O) groups is 1. The van der Waals surface area contributed by atoms with E-state index >= 15 is 0 Å². The van der Waals surface area contributed by atoms with Crippen LogP contribution in [-0.4, -0.2) is 16.0 Å². The number of rotatable bonds is 4. The van der Waals surface area contributed by atoms with E-state index in [-0.39, 0.29) is 35.4 Å². The van der Waals surface area contributed by atoms with E-state index in [0.717, 1.165) is 17.7 Å². The molecule has 0 spiro atoms. The Morgan fingerprint density at radius 2 is 1.79 bits per heavy atom. The van der Waals surface area contributed by atoms with E-state index in [4.69, 9.17) is 4.52 Å². The topological polar surface area (TPSA) is 80.1 Å². The van der Waals surface area contributed by atoms with Gasteiger partial charge in [0.05, 0.1) is 12.2 Å². The zero-order valence-electron chi connectivity index (χ0n) is 14.2. The van der Waals surface area contributed by atoms with Gasteiger partial charge in [0.15, 0.2) is 17.5 Å². The van der Waals surface area contributed by atoms with Crippen LogP contribution in [0, 0.1) is 23.3 Å². The van der Waals surface area contributed by atoms with Crippen molar-refractivity contribution < 1.29 is 26.9 Å². The van der Waals surface area contributed by atoms with Crippen molar-refractivity contribution in [1.29, 1.82) is 0 Å². The van der Waals surface area contributed by atoms with E-state index in [9.17, 15) is 22.4 Å². The molecule has 0 unspecified atom stereocenters. The molecule has 28 heavy (non-hydrogen) atoms. The highest BCUT2D eigenvalue weighted by atomic mass is 19.2. The normalized spacial score (nSPS) is 13.2. The SMILES string of the molecule is O=C1CCc2cc(NCc3nc(-c4cc(F)c(F)c(F)c4)no3)c(F)cc2N1. The summed E-state index contributed by atoms with van der Waals surface area (Å²) in [6.07, 6.45) is 0.804. The Labute approximate surface area is 155 Å². The molecule has 6 nitrogen and oxygen atoms in total. The van der Waals surface area contributed by atoms with E-state index in [0.29, 0.717) is 18.5 Å². The zero-order valence-corrected chi connectivity index (χ0v) is 14.2. The lowest BCUT2D eigenvalue weighted by atomic mass is 10.0. The van der Waals surface area contributed by atoms with E-state index in [1.165, 1.54) is 6.07 Å². The van der Waals surface area contributed by atoms with E-state index < -0.39 is 23.3 Å². The number of amides is 1. The number of anilines is 2. The fraction of sp³-hybridized carbons (Fsp3) is 0.167. The van der Waals surface area contributed by atoms with Crippen molar-refractivity contribution in [2.45, 2.75) is 19.4 Å². The molecule has 1 amide bonds. The van der Waals surface area contributed by atoms with Crippen LogP contribution in [0.1, 0.15) is 17.9 Å². The number of carbonyl (C=O) groups excluding carboxylic acids is 1. The number of halogens is 4. The highest BCUT2D eigenvalue weighted by molar-refractivity contribution is 5.94. The maximum atomic E-state index is 14.2. The maximum absolute atomic E-state index is 14.2. The van der Waals surface area contributed by atoms with Crippen molar-refractivity contribution in [3.05, 3.63) is 59.0 Å². The lowest BCUT2D eigenvalue weighted by Crippen LogP contribution is -2.19. The summed E-state index contributed by atoms with van der Waals surface area (Å²) in [7, 11) is 0. The molecular weight excluding hydrogens is 380 g/mol. The van der Waals surface area contributed by atoms with Crippen molar-refractivity contribution >= 4 is 17.3 Å². The second kappa shape index (κ2) is 6.95. The van der Waals surface area contributed by atoms with Crippen LogP contribution in [0.5, 0.6) is 0 Å². The van der Waals surface area contributed by atoms with Crippen LogP contribution in [0.2, 0.25) is 0 Å². The summed E-state index contributed by atoms with van der Waals surface area (Å²) in [6, 6.07) is 4.29. The number of aryl methyl sites for hydroxylation is 1. The Balaban J connectivity index is 1.50. The molecule has 0 fully saturated rings. The molecule has 2 aromatic carbocycles. The van der Waals surface area contributed by atoms with Crippen molar-refractivity contribution in [2.75, 3.05) is 10.6 Å². The van der Waals surface area contributed by atoms with Gasteiger partial charge in [0, 0.05) is 17.7 Å². The number of nitrogens with zero attached hydrogens (tertiary/aromatic N) is 2. The summed E-state index contributed by atoms with van der Waals surface area (Å²) in [5, 5.41) is 8.98. The summed E-state index contributed by atoms with van der Waals surface area (Å²) >= 11 is 0. The van der Waals surface area contributed by atoms with Crippen molar-refractivity contribution in [3.8, 4) is 11.4 Å². The van der Waals surface area contributed by atoms with Gasteiger partial charge >= 0.3 is 0 Å². The van der Waals surface area contributed by atoms with Gasteiger partial charge in [-0.15, -0.1) is 0 Å². The molecule has 3 aromatic rings. The molecule has 0 saturated carbocycles. The van der Waals surface area contributed by atoms with Gasteiger partial charge in [0.2, 0.25) is 17.6 Å². The highest BCUT2D eigenvalue weighted by Crippen LogP contribution is 2.29. The first-order chi connectivity index (χ1) is 13.4. The van der Waals surface area contributed by atoms with Crippen molar-refractivity contribution in [1.82, 2.24) is 10.1 Å². The van der Waals surface area contributed by atoms with Gasteiger partial charge in [-0.25, -0.2) is 17.6 Å².